The number of alkyl halides is 3. The third-order valence-corrected chi connectivity index (χ3v) is 9.13. The zero-order chi connectivity index (χ0) is 39.0. The van der Waals surface area contributed by atoms with Crippen LogP contribution in [0.3, 0.4) is 0 Å². The molecule has 0 saturated carbocycles. The molecule has 280 valence electrons. The molecule has 2 amide bonds. The molecule has 6 nitrogen and oxygen atoms in total. The van der Waals surface area contributed by atoms with Gasteiger partial charge in [0.05, 0.1) is 35.0 Å². The highest BCUT2D eigenvalue weighted by atomic mass is 19.4. The van der Waals surface area contributed by atoms with Crippen molar-refractivity contribution >= 4 is 23.2 Å². The van der Waals surface area contributed by atoms with E-state index >= 15 is 4.39 Å². The Kier molecular flexibility index (Phi) is 12.1. The van der Waals surface area contributed by atoms with E-state index in [1.165, 1.54) is 24.4 Å². The van der Waals surface area contributed by atoms with Crippen LogP contribution in [-0.4, -0.2) is 21.8 Å². The first-order valence-corrected chi connectivity index (χ1v) is 17.8. The second-order valence-corrected chi connectivity index (χ2v) is 13.2. The molecule has 0 saturated heterocycles. The standard InChI is InChI=1S/C44H37F5N4O2/c1-28-6-2-10-36(42(28)45)31-17-13-29(14-18-31)7-4-12-41(55)53-35-21-22-39(51-27-35)33-24-37(43(46)38(25-33)44(47,48)49)32-19-15-30(16-20-32)8-3-11-40(54)52-34-9-5-23-50-26-34/h2,5-6,9-10,13-27H,3-4,7-8,11-12H2,1H3,(H,52,54)(H,53,55). The first-order valence-electron chi connectivity index (χ1n) is 17.8. The van der Waals surface area contributed by atoms with Crippen LogP contribution in [0.1, 0.15) is 47.9 Å². The van der Waals surface area contributed by atoms with Gasteiger partial charge in [-0.3, -0.25) is 19.6 Å². The number of pyridine rings is 2. The summed E-state index contributed by atoms with van der Waals surface area (Å²) < 4.78 is 72.0. The van der Waals surface area contributed by atoms with Crippen LogP contribution in [0.4, 0.5) is 33.3 Å². The summed E-state index contributed by atoms with van der Waals surface area (Å²) in [5, 5.41) is 5.53. The second kappa shape index (κ2) is 17.3. The van der Waals surface area contributed by atoms with Crippen molar-refractivity contribution in [1.82, 2.24) is 9.97 Å². The fourth-order valence-corrected chi connectivity index (χ4v) is 6.19. The maximum atomic E-state index is 15.4. The lowest BCUT2D eigenvalue weighted by atomic mass is 9.95. The Balaban J connectivity index is 1.06. The van der Waals surface area contributed by atoms with Crippen molar-refractivity contribution in [3.8, 4) is 33.5 Å². The molecule has 0 bridgehead atoms. The molecule has 0 aliphatic rings. The largest absolute Gasteiger partial charge is 0.419 e. The monoisotopic (exact) mass is 748 g/mol. The normalized spacial score (nSPS) is 11.3. The minimum Gasteiger partial charge on any atom is -0.325 e. The smallest absolute Gasteiger partial charge is 0.325 e. The van der Waals surface area contributed by atoms with Gasteiger partial charge in [-0.05, 0) is 96.8 Å². The molecule has 2 heterocycles. The number of anilines is 2. The molecule has 0 aliphatic carbocycles. The Morgan fingerprint density at radius 1 is 0.636 bits per heavy atom. The topological polar surface area (TPSA) is 84.0 Å². The Morgan fingerprint density at radius 2 is 1.24 bits per heavy atom. The summed E-state index contributed by atoms with van der Waals surface area (Å²) in [5.74, 6) is -2.07. The summed E-state index contributed by atoms with van der Waals surface area (Å²) in [5.41, 5.74) is 3.51. The summed E-state index contributed by atoms with van der Waals surface area (Å²) in [6.07, 6.45) is 2.26. The van der Waals surface area contributed by atoms with Crippen molar-refractivity contribution in [2.24, 2.45) is 0 Å². The van der Waals surface area contributed by atoms with Crippen LogP contribution in [0.5, 0.6) is 0 Å². The van der Waals surface area contributed by atoms with Gasteiger partial charge in [0.25, 0.3) is 0 Å². The minimum absolute atomic E-state index is 0.0569. The zero-order valence-electron chi connectivity index (χ0n) is 29.9. The van der Waals surface area contributed by atoms with Gasteiger partial charge >= 0.3 is 6.18 Å². The second-order valence-electron chi connectivity index (χ2n) is 13.2. The van der Waals surface area contributed by atoms with Gasteiger partial charge in [-0.1, -0.05) is 66.7 Å². The average Bonchev–Trinajstić information content (AvgIpc) is 3.17. The van der Waals surface area contributed by atoms with E-state index < -0.39 is 17.6 Å². The number of nitrogens with one attached hydrogen (secondary N) is 2. The lowest BCUT2D eigenvalue weighted by Gasteiger charge is -2.15. The van der Waals surface area contributed by atoms with Crippen LogP contribution in [0.2, 0.25) is 0 Å². The van der Waals surface area contributed by atoms with Crippen LogP contribution >= 0.6 is 0 Å². The summed E-state index contributed by atoms with van der Waals surface area (Å²) >= 11 is 0. The van der Waals surface area contributed by atoms with Gasteiger partial charge in [-0.15, -0.1) is 0 Å². The van der Waals surface area contributed by atoms with Gasteiger partial charge < -0.3 is 10.6 Å². The number of halogens is 5. The fraction of sp³-hybridized carbons (Fsp3) is 0.182. The van der Waals surface area contributed by atoms with Crippen LogP contribution in [0.15, 0.2) is 122 Å². The van der Waals surface area contributed by atoms with Crippen molar-refractivity contribution in [3.05, 3.63) is 156 Å². The Morgan fingerprint density at radius 3 is 1.78 bits per heavy atom. The van der Waals surface area contributed by atoms with Crippen molar-refractivity contribution in [2.45, 2.75) is 51.6 Å². The fourth-order valence-electron chi connectivity index (χ4n) is 6.19. The van der Waals surface area contributed by atoms with Gasteiger partial charge in [-0.2, -0.15) is 13.2 Å². The highest BCUT2D eigenvalue weighted by molar-refractivity contribution is 5.91. The van der Waals surface area contributed by atoms with E-state index in [2.05, 4.69) is 20.6 Å². The molecular weight excluding hydrogens is 712 g/mol. The molecule has 6 rings (SSSR count). The third-order valence-electron chi connectivity index (χ3n) is 9.13. The van der Waals surface area contributed by atoms with Crippen LogP contribution in [-0.2, 0) is 28.6 Å². The molecule has 0 radical (unpaired) electrons. The first-order chi connectivity index (χ1) is 26.4. The number of hydrogen-bond acceptors (Lipinski definition) is 4. The van der Waals surface area contributed by atoms with Gasteiger partial charge in [0, 0.05) is 35.7 Å². The number of benzene rings is 4. The van der Waals surface area contributed by atoms with Gasteiger partial charge in [-0.25, -0.2) is 8.78 Å². The Hall–Kier alpha value is -6.23. The minimum atomic E-state index is -4.96. The van der Waals surface area contributed by atoms with Gasteiger partial charge in [0.15, 0.2) is 0 Å². The molecule has 0 aliphatic heterocycles. The summed E-state index contributed by atoms with van der Waals surface area (Å²) in [7, 11) is 0. The van der Waals surface area contributed by atoms with Crippen molar-refractivity contribution < 1.29 is 31.5 Å². The molecule has 2 aromatic heterocycles. The lowest BCUT2D eigenvalue weighted by Crippen LogP contribution is -2.12. The molecule has 11 heteroatoms. The molecule has 0 unspecified atom stereocenters. The molecule has 0 spiro atoms. The highest BCUT2D eigenvalue weighted by Gasteiger charge is 2.36. The molecule has 6 aromatic rings. The molecular formula is C44H37F5N4O2. The van der Waals surface area contributed by atoms with Crippen molar-refractivity contribution in [3.63, 3.8) is 0 Å². The lowest BCUT2D eigenvalue weighted by molar-refractivity contribution is -0.139. The van der Waals surface area contributed by atoms with Gasteiger partial charge in [0.2, 0.25) is 11.8 Å². The third kappa shape index (κ3) is 10.1. The van der Waals surface area contributed by atoms with E-state index in [9.17, 15) is 27.2 Å². The SMILES string of the molecule is Cc1cccc(-c2ccc(CCCC(=O)Nc3ccc(-c4cc(-c5ccc(CCCC(=O)Nc6cccnc6)cc5)c(F)c(C(F)(F)F)c4)nc3)cc2)c1F. The number of amides is 2. The van der Waals surface area contributed by atoms with Crippen molar-refractivity contribution in [2.75, 3.05) is 10.6 Å². The quantitative estimate of drug-likeness (QED) is 0.115. The van der Waals surface area contributed by atoms with Crippen molar-refractivity contribution in [1.29, 1.82) is 0 Å². The van der Waals surface area contributed by atoms with E-state index in [1.54, 1.807) is 67.8 Å². The van der Waals surface area contributed by atoms with E-state index in [-0.39, 0.29) is 52.9 Å². The predicted molar refractivity (Wildman–Crippen MR) is 204 cm³/mol. The van der Waals surface area contributed by atoms with E-state index in [0.29, 0.717) is 48.2 Å². The molecule has 2 N–H and O–H groups in total. The number of carbonyl (C=O) groups excluding carboxylic acids is 2. The Bertz CT molecular complexity index is 2260. The average molecular weight is 749 g/mol. The number of hydrogen-bond donors (Lipinski definition) is 2. The molecule has 55 heavy (non-hydrogen) atoms. The van der Waals surface area contributed by atoms with Gasteiger partial charge in [0.1, 0.15) is 11.6 Å². The number of rotatable bonds is 13. The number of carbonyl (C=O) groups is 2. The number of nitrogens with zero attached hydrogens (tertiary/aromatic N) is 2. The molecule has 0 atom stereocenters. The van der Waals surface area contributed by atoms with Crippen LogP contribution in [0.25, 0.3) is 33.5 Å². The summed E-state index contributed by atoms with van der Waals surface area (Å²) in [4.78, 5) is 33.2. The zero-order valence-corrected chi connectivity index (χ0v) is 29.9. The van der Waals surface area contributed by atoms with Crippen LogP contribution < -0.4 is 10.6 Å². The maximum absolute atomic E-state index is 15.4. The van der Waals surface area contributed by atoms with E-state index in [0.717, 1.165) is 22.8 Å². The predicted octanol–water partition coefficient (Wildman–Crippen LogP) is 11.0. The summed E-state index contributed by atoms with van der Waals surface area (Å²) in [6, 6.07) is 27.8. The number of aromatic nitrogens is 2. The molecule has 0 fully saturated rings. The van der Waals surface area contributed by atoms with E-state index in [1.807, 2.05) is 30.3 Å². The highest BCUT2D eigenvalue weighted by Crippen LogP contribution is 2.39. The Labute approximate surface area is 315 Å². The first kappa shape index (κ1) is 38.5. The summed E-state index contributed by atoms with van der Waals surface area (Å²) in [6.45, 7) is 1.72. The molecule has 4 aromatic carbocycles. The maximum Gasteiger partial charge on any atom is 0.419 e. The van der Waals surface area contributed by atoms with Crippen LogP contribution in [0, 0.1) is 18.6 Å². The van der Waals surface area contributed by atoms with E-state index in [4.69, 9.17) is 0 Å². The number of aryl methyl sites for hydroxylation is 3.